The van der Waals surface area contributed by atoms with Crippen LogP contribution in [0.4, 0.5) is 19.3 Å². The molecule has 3 amide bonds. The van der Waals surface area contributed by atoms with Crippen LogP contribution in [-0.2, 0) is 16.0 Å². The number of amides is 3. The monoisotopic (exact) mass is 505 g/mol. The molecule has 0 bridgehead atoms. The number of rotatable bonds is 6. The Labute approximate surface area is 203 Å². The molecule has 2 aromatic rings. The van der Waals surface area contributed by atoms with Crippen molar-refractivity contribution in [2.45, 2.75) is 45.1 Å². The van der Waals surface area contributed by atoms with Gasteiger partial charge < -0.3 is 25.4 Å². The average molecular weight is 506 g/mol. The fraction of sp³-hybridized carbons (Fsp3) is 0.375. The Morgan fingerprint density at radius 1 is 1.14 bits per heavy atom. The van der Waals surface area contributed by atoms with E-state index in [0.29, 0.717) is 17.7 Å². The molecular formula is C24H29F2N3O5Si. The number of ether oxygens (including phenoxy) is 1. The molecule has 0 saturated heterocycles. The molecule has 0 spiro atoms. The molecule has 1 heterocycles. The molecule has 188 valence electrons. The number of urea groups is 1. The molecule has 8 nitrogen and oxygen atoms in total. The van der Waals surface area contributed by atoms with Crippen molar-refractivity contribution in [3.05, 3.63) is 53.1 Å². The molecule has 1 unspecified atom stereocenters. The summed E-state index contributed by atoms with van der Waals surface area (Å²) in [5, 5.41) is 14.1. The van der Waals surface area contributed by atoms with Crippen LogP contribution < -0.4 is 20.6 Å². The molecule has 0 fully saturated rings. The van der Waals surface area contributed by atoms with E-state index in [4.69, 9.17) is 9.84 Å². The van der Waals surface area contributed by atoms with Crippen LogP contribution in [0.25, 0.3) is 0 Å². The summed E-state index contributed by atoms with van der Waals surface area (Å²) in [4.78, 5) is 38.7. The van der Waals surface area contributed by atoms with Gasteiger partial charge in [0.15, 0.2) is 0 Å². The molecule has 0 saturated carbocycles. The SMILES string of the molecule is COc1ccc2c(c1)CCN(C(=O)NC(C)C(=O)O)[C@H]2C(=O)Nc1cc(F)c([Si](C)(C)C)c(F)c1. The highest BCUT2D eigenvalue weighted by Gasteiger charge is 2.37. The largest absolute Gasteiger partial charge is 0.497 e. The lowest BCUT2D eigenvalue weighted by molar-refractivity contribution is -0.138. The first-order chi connectivity index (χ1) is 16.3. The van der Waals surface area contributed by atoms with Gasteiger partial charge in [-0.15, -0.1) is 0 Å². The highest BCUT2D eigenvalue weighted by Crippen LogP contribution is 2.33. The molecule has 0 aliphatic carbocycles. The second kappa shape index (κ2) is 10.0. The number of aliphatic carboxylic acids is 1. The zero-order valence-corrected chi connectivity index (χ0v) is 21.2. The van der Waals surface area contributed by atoms with E-state index in [1.54, 1.807) is 18.2 Å². The molecule has 3 rings (SSSR count). The number of benzene rings is 2. The van der Waals surface area contributed by atoms with Crippen LogP contribution in [0.5, 0.6) is 5.75 Å². The number of fused-ring (bicyclic) bond motifs is 1. The Morgan fingerprint density at radius 2 is 1.77 bits per heavy atom. The van der Waals surface area contributed by atoms with E-state index in [1.807, 2.05) is 19.6 Å². The summed E-state index contributed by atoms with van der Waals surface area (Å²) in [6, 6.07) is 4.11. The van der Waals surface area contributed by atoms with Gasteiger partial charge in [-0.1, -0.05) is 25.7 Å². The summed E-state index contributed by atoms with van der Waals surface area (Å²) in [6.07, 6.45) is 0.402. The van der Waals surface area contributed by atoms with E-state index in [-0.39, 0.29) is 17.4 Å². The fourth-order valence-electron chi connectivity index (χ4n) is 4.13. The second-order valence-electron chi connectivity index (χ2n) is 9.47. The van der Waals surface area contributed by atoms with Gasteiger partial charge in [-0.2, -0.15) is 0 Å². The van der Waals surface area contributed by atoms with Crippen LogP contribution in [0.1, 0.15) is 24.1 Å². The van der Waals surface area contributed by atoms with Crippen LogP contribution in [0.3, 0.4) is 0 Å². The van der Waals surface area contributed by atoms with Crippen molar-refractivity contribution in [2.75, 3.05) is 19.0 Å². The summed E-state index contributed by atoms with van der Waals surface area (Å²) < 4.78 is 34.7. The smallest absolute Gasteiger partial charge is 0.325 e. The van der Waals surface area contributed by atoms with Gasteiger partial charge in [-0.25, -0.2) is 13.6 Å². The maximum absolute atomic E-state index is 14.7. The zero-order valence-electron chi connectivity index (χ0n) is 20.2. The molecule has 2 atom stereocenters. The number of anilines is 1. The number of nitrogens with zero attached hydrogens (tertiary/aromatic N) is 1. The van der Waals surface area contributed by atoms with E-state index in [2.05, 4.69) is 10.6 Å². The molecule has 2 aromatic carbocycles. The van der Waals surface area contributed by atoms with E-state index in [1.165, 1.54) is 18.9 Å². The highest BCUT2D eigenvalue weighted by atomic mass is 28.3. The normalized spacial score (nSPS) is 16.2. The number of halogens is 2. The van der Waals surface area contributed by atoms with Crippen molar-refractivity contribution in [3.63, 3.8) is 0 Å². The minimum atomic E-state index is -2.31. The van der Waals surface area contributed by atoms with Gasteiger partial charge in [-0.05, 0) is 48.7 Å². The van der Waals surface area contributed by atoms with Crippen molar-refractivity contribution >= 4 is 36.9 Å². The summed E-state index contributed by atoms with van der Waals surface area (Å²) in [5.74, 6) is -2.81. The summed E-state index contributed by atoms with van der Waals surface area (Å²) in [6.45, 7) is 6.87. The maximum atomic E-state index is 14.7. The van der Waals surface area contributed by atoms with Crippen molar-refractivity contribution in [1.29, 1.82) is 0 Å². The first-order valence-corrected chi connectivity index (χ1v) is 14.6. The van der Waals surface area contributed by atoms with E-state index in [9.17, 15) is 23.2 Å². The number of carbonyl (C=O) groups is 3. The third kappa shape index (κ3) is 5.61. The van der Waals surface area contributed by atoms with Crippen molar-refractivity contribution < 1.29 is 33.0 Å². The van der Waals surface area contributed by atoms with E-state index in [0.717, 1.165) is 17.7 Å². The van der Waals surface area contributed by atoms with Gasteiger partial charge in [0.25, 0.3) is 5.91 Å². The van der Waals surface area contributed by atoms with Crippen LogP contribution in [0.15, 0.2) is 30.3 Å². The number of carbonyl (C=O) groups excluding carboxylic acids is 2. The average Bonchev–Trinajstić information content (AvgIpc) is 2.75. The maximum Gasteiger partial charge on any atom is 0.325 e. The Bertz CT molecular complexity index is 1150. The van der Waals surface area contributed by atoms with E-state index >= 15 is 0 Å². The molecular weight excluding hydrogens is 476 g/mol. The van der Waals surface area contributed by atoms with Gasteiger partial charge in [0.1, 0.15) is 29.5 Å². The Morgan fingerprint density at radius 3 is 2.31 bits per heavy atom. The number of methoxy groups -OCH3 is 1. The van der Waals surface area contributed by atoms with Crippen molar-refractivity contribution in [1.82, 2.24) is 10.2 Å². The molecule has 3 N–H and O–H groups in total. The van der Waals surface area contributed by atoms with Crippen LogP contribution in [-0.4, -0.2) is 55.7 Å². The second-order valence-corrected chi connectivity index (χ2v) is 14.5. The fourth-order valence-corrected chi connectivity index (χ4v) is 5.71. The quantitative estimate of drug-likeness (QED) is 0.523. The topological polar surface area (TPSA) is 108 Å². The number of hydrogen-bond acceptors (Lipinski definition) is 4. The standard InChI is InChI=1S/C24H29F2N3O5Si/c1-13(23(31)32)27-24(33)29-9-8-14-10-16(34-2)6-7-17(14)20(29)22(30)28-15-11-18(25)21(19(26)12-15)35(3,4)5/h6-7,10-13,20H,8-9H2,1-5H3,(H,27,33)(H,28,30)(H,31,32)/t13?,20-/m1/s1. The zero-order chi connectivity index (χ0) is 26.1. The van der Waals surface area contributed by atoms with Gasteiger partial charge in [-0.3, -0.25) is 9.59 Å². The predicted octanol–water partition coefficient (Wildman–Crippen LogP) is 3.24. The van der Waals surface area contributed by atoms with Crippen LogP contribution in [0, 0.1) is 11.6 Å². The van der Waals surface area contributed by atoms with Gasteiger partial charge in [0.2, 0.25) is 0 Å². The third-order valence-corrected chi connectivity index (χ3v) is 7.84. The molecule has 0 radical (unpaired) electrons. The molecule has 0 aromatic heterocycles. The molecule has 35 heavy (non-hydrogen) atoms. The number of hydrogen-bond donors (Lipinski definition) is 3. The minimum Gasteiger partial charge on any atom is -0.497 e. The number of carboxylic acid groups (broad SMARTS) is 1. The highest BCUT2D eigenvalue weighted by molar-refractivity contribution is 6.88. The minimum absolute atomic E-state index is 0.0364. The first kappa shape index (κ1) is 26.1. The third-order valence-electron chi connectivity index (χ3n) is 5.86. The molecule has 1 aliphatic heterocycles. The summed E-state index contributed by atoms with van der Waals surface area (Å²) in [7, 11) is -0.800. The Hall–Kier alpha value is -3.47. The van der Waals surface area contributed by atoms with Crippen molar-refractivity contribution in [3.8, 4) is 5.75 Å². The molecule has 1 aliphatic rings. The lowest BCUT2D eigenvalue weighted by atomic mass is 9.91. The summed E-state index contributed by atoms with van der Waals surface area (Å²) in [5.41, 5.74) is 1.20. The first-order valence-electron chi connectivity index (χ1n) is 11.1. The molecule has 11 heteroatoms. The van der Waals surface area contributed by atoms with Gasteiger partial charge >= 0.3 is 12.0 Å². The predicted molar refractivity (Wildman–Crippen MR) is 130 cm³/mol. The Kier molecular flexibility index (Phi) is 7.49. The van der Waals surface area contributed by atoms with Crippen LogP contribution in [0.2, 0.25) is 19.6 Å². The number of nitrogens with one attached hydrogen (secondary N) is 2. The van der Waals surface area contributed by atoms with Crippen molar-refractivity contribution in [2.24, 2.45) is 0 Å². The van der Waals surface area contributed by atoms with E-state index < -0.39 is 49.7 Å². The Balaban J connectivity index is 1.98. The van der Waals surface area contributed by atoms with Gasteiger partial charge in [0.05, 0.1) is 15.2 Å². The lowest BCUT2D eigenvalue weighted by Gasteiger charge is -2.36. The van der Waals surface area contributed by atoms with Gasteiger partial charge in [0, 0.05) is 17.4 Å². The lowest BCUT2D eigenvalue weighted by Crippen LogP contribution is -2.52. The summed E-state index contributed by atoms with van der Waals surface area (Å²) >= 11 is 0. The van der Waals surface area contributed by atoms with Crippen LogP contribution >= 0.6 is 0 Å². The number of carboxylic acids is 1.